The van der Waals surface area contributed by atoms with Gasteiger partial charge in [-0.2, -0.15) is 23.5 Å². The minimum Gasteiger partial charge on any atom is -0.480 e. The average Bonchev–Trinajstić information content (AvgIpc) is 2.80. The molecule has 208 valence electrons. The molecule has 0 aromatic rings. The third-order valence-corrected chi connectivity index (χ3v) is 6.40. The number of carboxylic acid groups (broad SMARTS) is 1. The summed E-state index contributed by atoms with van der Waals surface area (Å²) in [7, 11) is 0. The Kier molecular flexibility index (Phi) is 17.8. The van der Waals surface area contributed by atoms with Crippen LogP contribution in [0.15, 0.2) is 4.99 Å². The number of nitrogens with one attached hydrogen (secondary N) is 3. The zero-order valence-electron chi connectivity index (χ0n) is 21.6. The standard InChI is InChI=1S/C22H43N7O5S2/c1-13(2)12-17(21(33)34)29-20(32)16(8-11-36-4)28-19(31)15(7-10-35-3)27-18(30)14(23)6-5-9-26-22(24)25/h13-17H,5-12,23H2,1-4H3,(H,27,30)(H,28,31)(H,29,32)(H,33,34)(H4,24,25,26). The minimum atomic E-state index is -1.13. The van der Waals surface area contributed by atoms with Gasteiger partial charge >= 0.3 is 5.97 Å². The second-order valence-corrected chi connectivity index (χ2v) is 10.7. The zero-order valence-corrected chi connectivity index (χ0v) is 23.3. The van der Waals surface area contributed by atoms with Crippen LogP contribution in [0.3, 0.4) is 0 Å². The Balaban J connectivity index is 5.33. The maximum atomic E-state index is 13.1. The van der Waals surface area contributed by atoms with E-state index in [9.17, 15) is 24.3 Å². The monoisotopic (exact) mass is 549 g/mol. The van der Waals surface area contributed by atoms with Crippen LogP contribution in [0.2, 0.25) is 0 Å². The van der Waals surface area contributed by atoms with Gasteiger partial charge in [-0.15, -0.1) is 0 Å². The second kappa shape index (κ2) is 19.0. The quantitative estimate of drug-likeness (QED) is 0.0620. The van der Waals surface area contributed by atoms with E-state index in [2.05, 4.69) is 20.9 Å². The summed E-state index contributed by atoms with van der Waals surface area (Å²) < 4.78 is 0. The molecular weight excluding hydrogens is 506 g/mol. The molecule has 0 heterocycles. The molecule has 10 N–H and O–H groups in total. The normalized spacial score (nSPS) is 14.3. The molecule has 0 aliphatic heterocycles. The number of carbonyl (C=O) groups excluding carboxylic acids is 3. The van der Waals surface area contributed by atoms with Crippen molar-refractivity contribution in [1.82, 2.24) is 16.0 Å². The number of hydrogen-bond acceptors (Lipinski definition) is 8. The first-order valence-electron chi connectivity index (χ1n) is 11.9. The molecule has 0 aromatic carbocycles. The van der Waals surface area contributed by atoms with E-state index in [0.717, 1.165) is 0 Å². The van der Waals surface area contributed by atoms with Crippen LogP contribution in [0.25, 0.3) is 0 Å². The molecule has 12 nitrogen and oxygen atoms in total. The van der Waals surface area contributed by atoms with Crippen LogP contribution in [0.1, 0.15) is 46.0 Å². The van der Waals surface area contributed by atoms with Gasteiger partial charge in [0.2, 0.25) is 17.7 Å². The number of guanidine groups is 1. The molecule has 0 saturated heterocycles. The van der Waals surface area contributed by atoms with E-state index in [-0.39, 0.29) is 18.3 Å². The van der Waals surface area contributed by atoms with Crippen molar-refractivity contribution in [2.75, 3.05) is 30.6 Å². The summed E-state index contributed by atoms with van der Waals surface area (Å²) in [4.78, 5) is 54.0. The summed E-state index contributed by atoms with van der Waals surface area (Å²) >= 11 is 3.01. The lowest BCUT2D eigenvalue weighted by molar-refractivity contribution is -0.142. The number of hydrogen-bond donors (Lipinski definition) is 7. The molecule has 3 amide bonds. The first-order chi connectivity index (χ1) is 16.9. The number of carboxylic acids is 1. The molecular formula is C22H43N7O5S2. The number of thioether (sulfide) groups is 2. The highest BCUT2D eigenvalue weighted by molar-refractivity contribution is 7.98. The maximum absolute atomic E-state index is 13.1. The average molecular weight is 550 g/mol. The summed E-state index contributed by atoms with van der Waals surface area (Å²) in [6.07, 6.45) is 5.46. The Hall–Kier alpha value is -2.19. The molecule has 0 spiro atoms. The van der Waals surface area contributed by atoms with Crippen molar-refractivity contribution in [2.24, 2.45) is 28.1 Å². The third kappa shape index (κ3) is 15.0. The number of rotatable bonds is 19. The van der Waals surface area contributed by atoms with Crippen molar-refractivity contribution < 1.29 is 24.3 Å². The van der Waals surface area contributed by atoms with Crippen LogP contribution in [-0.4, -0.2) is 89.5 Å². The predicted molar refractivity (Wildman–Crippen MR) is 147 cm³/mol. The van der Waals surface area contributed by atoms with Crippen LogP contribution in [-0.2, 0) is 19.2 Å². The van der Waals surface area contributed by atoms with Crippen LogP contribution in [0.5, 0.6) is 0 Å². The molecule has 0 saturated carbocycles. The van der Waals surface area contributed by atoms with Gasteiger partial charge < -0.3 is 38.3 Å². The Labute approximate surface area is 222 Å². The molecule has 0 radical (unpaired) electrons. The Morgan fingerprint density at radius 3 is 1.72 bits per heavy atom. The van der Waals surface area contributed by atoms with E-state index >= 15 is 0 Å². The van der Waals surface area contributed by atoms with Crippen LogP contribution in [0.4, 0.5) is 0 Å². The smallest absolute Gasteiger partial charge is 0.326 e. The fraction of sp³-hybridized carbons (Fsp3) is 0.773. The van der Waals surface area contributed by atoms with Crippen molar-refractivity contribution >= 4 is 53.2 Å². The van der Waals surface area contributed by atoms with Crippen molar-refractivity contribution in [2.45, 2.75) is 70.1 Å². The number of aliphatic carboxylic acids is 1. The first kappa shape index (κ1) is 33.8. The van der Waals surface area contributed by atoms with E-state index < -0.39 is 47.9 Å². The zero-order chi connectivity index (χ0) is 27.7. The number of nitrogens with two attached hydrogens (primary N) is 3. The topological polar surface area (TPSA) is 215 Å². The Bertz CT molecular complexity index is 736. The van der Waals surface area contributed by atoms with Crippen molar-refractivity contribution in [3.05, 3.63) is 0 Å². The highest BCUT2D eigenvalue weighted by atomic mass is 32.2. The lowest BCUT2D eigenvalue weighted by Gasteiger charge is -2.25. The summed E-state index contributed by atoms with van der Waals surface area (Å²) in [5.41, 5.74) is 16.5. The van der Waals surface area contributed by atoms with E-state index in [1.807, 2.05) is 26.4 Å². The number of aliphatic imine (C=N–C) groups is 1. The molecule has 0 fully saturated rings. The fourth-order valence-electron chi connectivity index (χ4n) is 3.18. The summed E-state index contributed by atoms with van der Waals surface area (Å²) in [6, 6.07) is -3.76. The molecule has 36 heavy (non-hydrogen) atoms. The van der Waals surface area contributed by atoms with Crippen LogP contribution < -0.4 is 33.2 Å². The van der Waals surface area contributed by atoms with Crippen molar-refractivity contribution in [3.63, 3.8) is 0 Å². The van der Waals surface area contributed by atoms with E-state index in [1.54, 1.807) is 0 Å². The SMILES string of the molecule is CSCCC(NC(=O)C(N)CCCN=C(N)N)C(=O)NC(CCSC)C(=O)NC(CC(C)C)C(=O)O. The van der Waals surface area contributed by atoms with Crippen molar-refractivity contribution in [1.29, 1.82) is 0 Å². The van der Waals surface area contributed by atoms with Gasteiger partial charge in [0.05, 0.1) is 6.04 Å². The van der Waals surface area contributed by atoms with Gasteiger partial charge in [-0.3, -0.25) is 19.4 Å². The van der Waals surface area contributed by atoms with Crippen molar-refractivity contribution in [3.8, 4) is 0 Å². The minimum absolute atomic E-state index is 0.0410. The Morgan fingerprint density at radius 2 is 1.31 bits per heavy atom. The molecule has 4 atom stereocenters. The first-order valence-corrected chi connectivity index (χ1v) is 14.6. The molecule has 0 bridgehead atoms. The molecule has 14 heteroatoms. The van der Waals surface area contributed by atoms with Gasteiger partial charge in [-0.05, 0) is 62.0 Å². The molecule has 0 aromatic heterocycles. The Morgan fingerprint density at radius 1 is 0.833 bits per heavy atom. The number of nitrogens with zero attached hydrogens (tertiary/aromatic N) is 1. The van der Waals surface area contributed by atoms with Gasteiger partial charge in [0.15, 0.2) is 5.96 Å². The lowest BCUT2D eigenvalue weighted by atomic mass is 10.0. The summed E-state index contributed by atoms with van der Waals surface area (Å²) in [5.74, 6) is -1.54. The van der Waals surface area contributed by atoms with E-state index in [0.29, 0.717) is 43.7 Å². The summed E-state index contributed by atoms with van der Waals surface area (Å²) in [6.45, 7) is 4.06. The highest BCUT2D eigenvalue weighted by Gasteiger charge is 2.30. The number of amides is 3. The molecule has 4 unspecified atom stereocenters. The second-order valence-electron chi connectivity index (χ2n) is 8.77. The van der Waals surface area contributed by atoms with Gasteiger partial charge in [-0.25, -0.2) is 4.79 Å². The summed E-state index contributed by atoms with van der Waals surface area (Å²) in [5, 5.41) is 17.4. The largest absolute Gasteiger partial charge is 0.480 e. The van der Waals surface area contributed by atoms with E-state index in [4.69, 9.17) is 17.2 Å². The lowest BCUT2D eigenvalue weighted by Crippen LogP contribution is -2.57. The number of carbonyl (C=O) groups is 4. The molecule has 0 aliphatic rings. The van der Waals surface area contributed by atoms with Gasteiger partial charge in [0, 0.05) is 6.54 Å². The van der Waals surface area contributed by atoms with Gasteiger partial charge in [0.1, 0.15) is 18.1 Å². The maximum Gasteiger partial charge on any atom is 0.326 e. The van der Waals surface area contributed by atoms with Crippen LogP contribution in [0, 0.1) is 5.92 Å². The van der Waals surface area contributed by atoms with Gasteiger partial charge in [-0.1, -0.05) is 13.8 Å². The molecule has 0 aliphatic carbocycles. The van der Waals surface area contributed by atoms with Gasteiger partial charge in [0.25, 0.3) is 0 Å². The van der Waals surface area contributed by atoms with E-state index in [1.165, 1.54) is 23.5 Å². The third-order valence-electron chi connectivity index (χ3n) is 5.11. The predicted octanol–water partition coefficient (Wildman–Crippen LogP) is -0.541. The van der Waals surface area contributed by atoms with Crippen LogP contribution >= 0.6 is 23.5 Å². The molecule has 0 rings (SSSR count). The fourth-order valence-corrected chi connectivity index (χ4v) is 4.12. The highest BCUT2D eigenvalue weighted by Crippen LogP contribution is 2.09.